The minimum Gasteiger partial charge on any atom is -0.479 e. The van der Waals surface area contributed by atoms with Crippen LogP contribution in [0.15, 0.2) is 11.3 Å². The molecule has 11 heavy (non-hydrogen) atoms. The van der Waals surface area contributed by atoms with Gasteiger partial charge in [-0.05, 0) is 25.3 Å². The summed E-state index contributed by atoms with van der Waals surface area (Å²) in [5.74, 6) is 2.19. The maximum absolute atomic E-state index is 5.75. The molecule has 60 valence electrons. The largest absolute Gasteiger partial charge is 0.479 e. The quantitative estimate of drug-likeness (QED) is 0.483. The molecule has 0 radical (unpaired) electrons. The highest BCUT2D eigenvalue weighted by Gasteiger charge is 2.86. The lowest BCUT2D eigenvalue weighted by Gasteiger charge is -2.00. The van der Waals surface area contributed by atoms with Gasteiger partial charge in [0.1, 0.15) is 5.76 Å². The Bertz CT molecular complexity index is 275. The molecule has 0 aromatic rings. The van der Waals surface area contributed by atoms with Gasteiger partial charge in [0.25, 0.3) is 0 Å². The molecule has 1 heterocycles. The van der Waals surface area contributed by atoms with Gasteiger partial charge in [-0.2, -0.15) is 0 Å². The Kier molecular flexibility index (Phi) is 0.696. The number of allylic oxidation sites excluding steroid dienone is 1. The molecule has 1 spiro atoms. The average molecular weight is 150 g/mol. The molecule has 2 fully saturated rings. The molecule has 1 saturated carbocycles. The Morgan fingerprint density at radius 2 is 2.18 bits per heavy atom. The van der Waals surface area contributed by atoms with Crippen molar-refractivity contribution >= 4 is 0 Å². The third-order valence-corrected chi connectivity index (χ3v) is 3.99. The van der Waals surface area contributed by atoms with Crippen LogP contribution in [0.3, 0.4) is 0 Å². The molecule has 0 aromatic carbocycles. The summed E-state index contributed by atoms with van der Waals surface area (Å²) < 4.78 is 5.75. The first-order chi connectivity index (χ1) is 5.11. The Labute approximate surface area is 67.4 Å². The van der Waals surface area contributed by atoms with Crippen LogP contribution in [0.1, 0.15) is 33.6 Å². The summed E-state index contributed by atoms with van der Waals surface area (Å²) >= 11 is 0. The van der Waals surface area contributed by atoms with E-state index in [1.807, 2.05) is 0 Å². The maximum Gasteiger partial charge on any atom is 0.174 e. The van der Waals surface area contributed by atoms with Crippen LogP contribution < -0.4 is 0 Å². The van der Waals surface area contributed by atoms with Gasteiger partial charge in [-0.25, -0.2) is 0 Å². The molecule has 3 rings (SSSR count). The second-order valence-corrected chi connectivity index (χ2v) is 4.76. The Balaban J connectivity index is 2.11. The van der Waals surface area contributed by atoms with E-state index in [9.17, 15) is 0 Å². The van der Waals surface area contributed by atoms with Gasteiger partial charge in [-0.1, -0.05) is 13.8 Å². The fourth-order valence-corrected chi connectivity index (χ4v) is 3.06. The van der Waals surface area contributed by atoms with Gasteiger partial charge in [0.2, 0.25) is 0 Å². The lowest BCUT2D eigenvalue weighted by Crippen LogP contribution is -1.96. The van der Waals surface area contributed by atoms with Gasteiger partial charge in [0, 0.05) is 11.3 Å². The van der Waals surface area contributed by atoms with E-state index < -0.39 is 0 Å². The van der Waals surface area contributed by atoms with E-state index in [1.165, 1.54) is 24.2 Å². The predicted molar refractivity (Wildman–Crippen MR) is 43.0 cm³/mol. The standard InChI is InChI=1S/C10H14O/c1-6-4-5-7-9(2,3)10(7)8(6)11-10/h7H,4-5H2,1-3H3. The first-order valence-corrected chi connectivity index (χ1v) is 4.50. The molecule has 1 heteroatoms. The van der Waals surface area contributed by atoms with E-state index in [0.717, 1.165) is 5.92 Å². The fourth-order valence-electron chi connectivity index (χ4n) is 3.06. The highest BCUT2D eigenvalue weighted by atomic mass is 16.6. The molecule has 2 unspecified atom stereocenters. The normalized spacial score (nSPS) is 49.2. The van der Waals surface area contributed by atoms with E-state index in [2.05, 4.69) is 20.8 Å². The van der Waals surface area contributed by atoms with Crippen LogP contribution in [0.5, 0.6) is 0 Å². The van der Waals surface area contributed by atoms with Crippen molar-refractivity contribution in [1.29, 1.82) is 0 Å². The van der Waals surface area contributed by atoms with E-state index >= 15 is 0 Å². The van der Waals surface area contributed by atoms with Crippen molar-refractivity contribution in [1.82, 2.24) is 0 Å². The molecule has 0 bridgehead atoms. The zero-order chi connectivity index (χ0) is 7.85. The van der Waals surface area contributed by atoms with Crippen molar-refractivity contribution in [3.8, 4) is 0 Å². The highest BCUT2D eigenvalue weighted by Crippen LogP contribution is 2.80. The van der Waals surface area contributed by atoms with Gasteiger partial charge in [-0.3, -0.25) is 0 Å². The second-order valence-electron chi connectivity index (χ2n) is 4.76. The first-order valence-electron chi connectivity index (χ1n) is 4.50. The molecule has 0 amide bonds. The van der Waals surface area contributed by atoms with Gasteiger partial charge in [0.15, 0.2) is 5.60 Å². The van der Waals surface area contributed by atoms with Gasteiger partial charge < -0.3 is 4.74 Å². The molecular weight excluding hydrogens is 136 g/mol. The molecule has 0 N–H and O–H groups in total. The monoisotopic (exact) mass is 150 g/mol. The van der Waals surface area contributed by atoms with Crippen LogP contribution in [0.25, 0.3) is 0 Å². The number of hydrogen-bond donors (Lipinski definition) is 0. The zero-order valence-electron chi connectivity index (χ0n) is 7.40. The molecular formula is C10H14O. The second kappa shape index (κ2) is 1.26. The average Bonchev–Trinajstić information content (AvgIpc) is 2.72. The van der Waals surface area contributed by atoms with Crippen molar-refractivity contribution in [2.75, 3.05) is 0 Å². The molecule has 2 atom stereocenters. The smallest absolute Gasteiger partial charge is 0.174 e. The van der Waals surface area contributed by atoms with E-state index in [-0.39, 0.29) is 5.60 Å². The highest BCUT2D eigenvalue weighted by molar-refractivity contribution is 5.49. The van der Waals surface area contributed by atoms with E-state index in [1.54, 1.807) is 0 Å². The minimum absolute atomic E-state index is 0.259. The van der Waals surface area contributed by atoms with Crippen LogP contribution in [0.4, 0.5) is 0 Å². The van der Waals surface area contributed by atoms with Crippen molar-refractivity contribution in [2.45, 2.75) is 39.2 Å². The molecule has 3 aliphatic rings. The Hall–Kier alpha value is -0.460. The summed E-state index contributed by atoms with van der Waals surface area (Å²) in [4.78, 5) is 0. The SMILES string of the molecule is CC1=C2OC23C(CC1)C3(C)C. The predicted octanol–water partition coefficient (Wildman–Crippen LogP) is 2.48. The van der Waals surface area contributed by atoms with Crippen molar-refractivity contribution in [3.05, 3.63) is 11.3 Å². The number of hydrogen-bond acceptors (Lipinski definition) is 1. The summed E-state index contributed by atoms with van der Waals surface area (Å²) in [5.41, 5.74) is 2.22. The van der Waals surface area contributed by atoms with E-state index in [4.69, 9.17) is 4.74 Å². The summed E-state index contributed by atoms with van der Waals surface area (Å²) in [7, 11) is 0. The summed E-state index contributed by atoms with van der Waals surface area (Å²) in [6, 6.07) is 0. The van der Waals surface area contributed by atoms with Crippen LogP contribution in [-0.4, -0.2) is 5.60 Å². The molecule has 2 aliphatic carbocycles. The van der Waals surface area contributed by atoms with Crippen molar-refractivity contribution < 1.29 is 4.74 Å². The summed E-state index contributed by atoms with van der Waals surface area (Å²) in [5, 5.41) is 0. The summed E-state index contributed by atoms with van der Waals surface area (Å²) in [6.45, 7) is 6.89. The maximum atomic E-state index is 5.75. The molecule has 0 aromatic heterocycles. The number of rotatable bonds is 0. The lowest BCUT2D eigenvalue weighted by atomic mass is 10.0. The third kappa shape index (κ3) is 0.406. The molecule has 1 aliphatic heterocycles. The van der Waals surface area contributed by atoms with Crippen LogP contribution >= 0.6 is 0 Å². The molecule has 1 saturated heterocycles. The van der Waals surface area contributed by atoms with Crippen LogP contribution in [0, 0.1) is 11.3 Å². The topological polar surface area (TPSA) is 12.5 Å². The number of ether oxygens (including phenoxy) is 1. The zero-order valence-corrected chi connectivity index (χ0v) is 7.40. The van der Waals surface area contributed by atoms with Crippen molar-refractivity contribution in [3.63, 3.8) is 0 Å². The fraction of sp³-hybridized carbons (Fsp3) is 0.800. The number of epoxide rings is 1. The minimum atomic E-state index is 0.259. The Morgan fingerprint density at radius 1 is 1.45 bits per heavy atom. The summed E-state index contributed by atoms with van der Waals surface area (Å²) in [6.07, 6.45) is 2.62. The van der Waals surface area contributed by atoms with Gasteiger partial charge >= 0.3 is 0 Å². The van der Waals surface area contributed by atoms with E-state index in [0.29, 0.717) is 5.41 Å². The lowest BCUT2D eigenvalue weighted by molar-refractivity contribution is 0.361. The molecule has 1 nitrogen and oxygen atoms in total. The van der Waals surface area contributed by atoms with Gasteiger partial charge in [0.05, 0.1) is 0 Å². The van der Waals surface area contributed by atoms with Crippen LogP contribution in [-0.2, 0) is 4.74 Å². The van der Waals surface area contributed by atoms with Crippen molar-refractivity contribution in [2.24, 2.45) is 11.3 Å². The Morgan fingerprint density at radius 3 is 2.82 bits per heavy atom. The van der Waals surface area contributed by atoms with Gasteiger partial charge in [-0.15, -0.1) is 0 Å². The first kappa shape index (κ1) is 6.10. The van der Waals surface area contributed by atoms with Crippen LogP contribution in [0.2, 0.25) is 0 Å². The third-order valence-electron chi connectivity index (χ3n) is 3.99.